The second-order valence-corrected chi connectivity index (χ2v) is 6.55. The van der Waals surface area contributed by atoms with Crippen LogP contribution >= 0.6 is 0 Å². The molecule has 1 saturated heterocycles. The van der Waals surface area contributed by atoms with Crippen LogP contribution in [0.4, 0.5) is 10.5 Å². The van der Waals surface area contributed by atoms with Crippen LogP contribution in [0.25, 0.3) is 0 Å². The first-order valence-electron chi connectivity index (χ1n) is 7.59. The van der Waals surface area contributed by atoms with Crippen molar-refractivity contribution in [1.29, 1.82) is 0 Å². The number of likely N-dealkylation sites (tertiary alicyclic amines) is 1. The summed E-state index contributed by atoms with van der Waals surface area (Å²) in [5.74, 6) is -0.569. The number of amides is 1. The van der Waals surface area contributed by atoms with E-state index in [1.165, 1.54) is 29.2 Å². The third-order valence-electron chi connectivity index (χ3n) is 3.38. The first-order chi connectivity index (χ1) is 11.2. The Bertz CT molecular complexity index is 635. The minimum absolute atomic E-state index is 0.0940. The van der Waals surface area contributed by atoms with Gasteiger partial charge in [0.2, 0.25) is 0 Å². The Kier molecular flexibility index (Phi) is 5.06. The highest BCUT2D eigenvalue weighted by atomic mass is 16.6. The molecule has 130 valence electrons. The van der Waals surface area contributed by atoms with Crippen LogP contribution in [0.1, 0.15) is 37.6 Å². The highest BCUT2D eigenvalue weighted by Crippen LogP contribution is 2.19. The van der Waals surface area contributed by atoms with Gasteiger partial charge in [-0.2, -0.15) is 0 Å². The zero-order valence-electron chi connectivity index (χ0n) is 13.9. The number of carbonyl (C=O) groups is 2. The number of benzene rings is 1. The summed E-state index contributed by atoms with van der Waals surface area (Å²) in [5.41, 5.74) is -0.440. The predicted molar refractivity (Wildman–Crippen MR) is 84.7 cm³/mol. The monoisotopic (exact) mass is 336 g/mol. The summed E-state index contributed by atoms with van der Waals surface area (Å²) in [6, 6.07) is 5.19. The summed E-state index contributed by atoms with van der Waals surface area (Å²) in [5, 5.41) is 10.6. The molecule has 1 aromatic carbocycles. The third-order valence-corrected chi connectivity index (χ3v) is 3.38. The molecular formula is C16H20N2O6. The number of carbonyl (C=O) groups excluding carboxylic acids is 2. The number of nitrogens with zero attached hydrogens (tertiary/aromatic N) is 2. The second kappa shape index (κ2) is 6.86. The Hall–Kier alpha value is -2.64. The highest BCUT2D eigenvalue weighted by Gasteiger charge is 2.32. The summed E-state index contributed by atoms with van der Waals surface area (Å²) >= 11 is 0. The van der Waals surface area contributed by atoms with Gasteiger partial charge in [-0.3, -0.25) is 10.1 Å². The van der Waals surface area contributed by atoms with Gasteiger partial charge in [-0.1, -0.05) is 0 Å². The Morgan fingerprint density at radius 1 is 1.25 bits per heavy atom. The van der Waals surface area contributed by atoms with Gasteiger partial charge in [-0.25, -0.2) is 9.59 Å². The fraction of sp³-hybridized carbons (Fsp3) is 0.500. The first kappa shape index (κ1) is 17.7. The highest BCUT2D eigenvalue weighted by molar-refractivity contribution is 5.89. The molecule has 1 fully saturated rings. The molecule has 24 heavy (non-hydrogen) atoms. The van der Waals surface area contributed by atoms with Gasteiger partial charge in [0.25, 0.3) is 5.69 Å². The number of nitro benzene ring substituents is 1. The molecule has 0 radical (unpaired) electrons. The standard InChI is InChI=1S/C16H20N2O6/c1-16(2,3)24-15(20)17-9-8-13(10-17)23-14(19)11-4-6-12(7-5-11)18(21)22/h4-7,13H,8-10H2,1-3H3/t13-/m1/s1. The fourth-order valence-corrected chi connectivity index (χ4v) is 2.26. The zero-order valence-corrected chi connectivity index (χ0v) is 13.9. The molecule has 1 aliphatic rings. The zero-order chi connectivity index (χ0) is 17.9. The van der Waals surface area contributed by atoms with E-state index in [0.29, 0.717) is 13.0 Å². The molecular weight excluding hydrogens is 316 g/mol. The molecule has 0 N–H and O–H groups in total. The summed E-state index contributed by atoms with van der Waals surface area (Å²) in [6.45, 7) is 6.08. The minimum Gasteiger partial charge on any atom is -0.457 e. The number of ether oxygens (including phenoxy) is 2. The molecule has 0 aliphatic carbocycles. The van der Waals surface area contributed by atoms with E-state index >= 15 is 0 Å². The van der Waals surface area contributed by atoms with Crippen LogP contribution in [0.5, 0.6) is 0 Å². The van der Waals surface area contributed by atoms with Crippen LogP contribution in [0.15, 0.2) is 24.3 Å². The van der Waals surface area contributed by atoms with E-state index in [4.69, 9.17) is 9.47 Å². The smallest absolute Gasteiger partial charge is 0.410 e. The van der Waals surface area contributed by atoms with E-state index in [1.54, 1.807) is 20.8 Å². The van der Waals surface area contributed by atoms with Gasteiger partial charge in [0.05, 0.1) is 17.0 Å². The van der Waals surface area contributed by atoms with Crippen LogP contribution < -0.4 is 0 Å². The quantitative estimate of drug-likeness (QED) is 0.478. The summed E-state index contributed by atoms with van der Waals surface area (Å²) in [4.78, 5) is 35.6. The Labute approximate surface area is 139 Å². The van der Waals surface area contributed by atoms with Crippen molar-refractivity contribution in [1.82, 2.24) is 4.90 Å². The van der Waals surface area contributed by atoms with Crippen LogP contribution in [-0.2, 0) is 9.47 Å². The maximum absolute atomic E-state index is 12.1. The molecule has 0 unspecified atom stereocenters. The van der Waals surface area contributed by atoms with Gasteiger partial charge in [0.1, 0.15) is 11.7 Å². The van der Waals surface area contributed by atoms with Crippen LogP contribution in [0, 0.1) is 10.1 Å². The van der Waals surface area contributed by atoms with Gasteiger partial charge >= 0.3 is 12.1 Å². The lowest BCUT2D eigenvalue weighted by Gasteiger charge is -2.24. The lowest BCUT2D eigenvalue weighted by Crippen LogP contribution is -2.36. The molecule has 0 aromatic heterocycles. The first-order valence-corrected chi connectivity index (χ1v) is 7.59. The molecule has 0 saturated carbocycles. The number of non-ortho nitro benzene ring substituents is 1. The molecule has 2 rings (SSSR count). The average Bonchev–Trinajstić information content (AvgIpc) is 2.94. The fourth-order valence-electron chi connectivity index (χ4n) is 2.26. The number of rotatable bonds is 3. The van der Waals surface area contributed by atoms with Crippen LogP contribution in [0.2, 0.25) is 0 Å². The third kappa shape index (κ3) is 4.68. The summed E-state index contributed by atoms with van der Waals surface area (Å²) in [7, 11) is 0. The van der Waals surface area contributed by atoms with E-state index in [1.807, 2.05) is 0 Å². The lowest BCUT2D eigenvalue weighted by molar-refractivity contribution is -0.384. The van der Waals surface area contributed by atoms with E-state index in [2.05, 4.69) is 0 Å². The number of esters is 1. The van der Waals surface area contributed by atoms with Gasteiger partial charge in [0.15, 0.2) is 0 Å². The number of hydrogen-bond donors (Lipinski definition) is 0. The van der Waals surface area contributed by atoms with E-state index < -0.39 is 28.7 Å². The largest absolute Gasteiger partial charge is 0.457 e. The SMILES string of the molecule is CC(C)(C)OC(=O)N1CC[C@@H](OC(=O)c2ccc([N+](=O)[O-])cc2)C1. The maximum Gasteiger partial charge on any atom is 0.410 e. The van der Waals surface area contributed by atoms with Crippen molar-refractivity contribution in [3.05, 3.63) is 39.9 Å². The van der Waals surface area contributed by atoms with E-state index in [-0.39, 0.29) is 17.8 Å². The molecule has 1 heterocycles. The number of nitro groups is 1. The van der Waals surface area contributed by atoms with Crippen molar-refractivity contribution in [2.24, 2.45) is 0 Å². The van der Waals surface area contributed by atoms with Crippen molar-refractivity contribution in [3.63, 3.8) is 0 Å². The molecule has 1 aromatic rings. The van der Waals surface area contributed by atoms with Gasteiger partial charge < -0.3 is 14.4 Å². The van der Waals surface area contributed by atoms with Crippen molar-refractivity contribution >= 4 is 17.7 Å². The van der Waals surface area contributed by atoms with Crippen molar-refractivity contribution < 1.29 is 24.0 Å². The molecule has 1 atom stereocenters. The van der Waals surface area contributed by atoms with Crippen molar-refractivity contribution in [2.75, 3.05) is 13.1 Å². The van der Waals surface area contributed by atoms with E-state index in [0.717, 1.165) is 0 Å². The van der Waals surface area contributed by atoms with Crippen molar-refractivity contribution in [2.45, 2.75) is 38.9 Å². The summed E-state index contributed by atoms with van der Waals surface area (Å²) < 4.78 is 10.6. The Balaban J connectivity index is 1.89. The summed E-state index contributed by atoms with van der Waals surface area (Å²) in [6.07, 6.45) is -0.325. The number of hydrogen-bond acceptors (Lipinski definition) is 6. The Morgan fingerprint density at radius 3 is 2.42 bits per heavy atom. The van der Waals surface area contributed by atoms with Gasteiger partial charge in [-0.15, -0.1) is 0 Å². The van der Waals surface area contributed by atoms with Gasteiger partial charge in [0, 0.05) is 25.1 Å². The predicted octanol–water partition coefficient (Wildman–Crippen LogP) is 2.76. The molecule has 0 spiro atoms. The second-order valence-electron chi connectivity index (χ2n) is 6.55. The normalized spacial score (nSPS) is 17.5. The molecule has 8 heteroatoms. The minimum atomic E-state index is -0.579. The Morgan fingerprint density at radius 2 is 1.88 bits per heavy atom. The maximum atomic E-state index is 12.1. The van der Waals surface area contributed by atoms with Crippen LogP contribution in [-0.4, -0.2) is 46.7 Å². The topological polar surface area (TPSA) is 99.0 Å². The van der Waals surface area contributed by atoms with Gasteiger partial charge in [-0.05, 0) is 32.9 Å². The molecule has 1 aliphatic heterocycles. The molecule has 1 amide bonds. The van der Waals surface area contributed by atoms with E-state index in [9.17, 15) is 19.7 Å². The lowest BCUT2D eigenvalue weighted by atomic mass is 10.2. The average molecular weight is 336 g/mol. The van der Waals surface area contributed by atoms with Crippen LogP contribution in [0.3, 0.4) is 0 Å². The van der Waals surface area contributed by atoms with Crippen molar-refractivity contribution in [3.8, 4) is 0 Å². The molecule has 0 bridgehead atoms. The molecule has 8 nitrogen and oxygen atoms in total.